The summed E-state index contributed by atoms with van der Waals surface area (Å²) in [6, 6.07) is 11.9. The van der Waals surface area contributed by atoms with E-state index >= 15 is 0 Å². The SMILES string of the molecule is Nc1nc(SCC(=O)CC(=O)Nc2ccccc2Cl)ncc1C(=O)Nc1ccc(F)cc1. The van der Waals surface area contributed by atoms with Crippen molar-refractivity contribution in [2.45, 2.75) is 11.6 Å². The molecule has 0 radical (unpaired) electrons. The van der Waals surface area contributed by atoms with Crippen LogP contribution < -0.4 is 16.4 Å². The number of rotatable bonds is 8. The molecule has 164 valence electrons. The first-order valence-electron chi connectivity index (χ1n) is 9.20. The van der Waals surface area contributed by atoms with Gasteiger partial charge in [0.1, 0.15) is 17.2 Å². The van der Waals surface area contributed by atoms with Gasteiger partial charge in [0.15, 0.2) is 10.9 Å². The molecule has 3 aromatic rings. The maximum atomic E-state index is 13.0. The van der Waals surface area contributed by atoms with Crippen LogP contribution in [0.5, 0.6) is 0 Å². The second-order valence-corrected chi connectivity index (χ2v) is 7.79. The molecule has 0 aliphatic rings. The summed E-state index contributed by atoms with van der Waals surface area (Å²) in [5.41, 5.74) is 6.68. The Morgan fingerprint density at radius 2 is 1.78 bits per heavy atom. The number of Topliss-reactive ketones (excluding diaryl/α,β-unsaturated/α-hetero) is 1. The Bertz CT molecular complexity index is 1160. The van der Waals surface area contributed by atoms with Crippen molar-refractivity contribution in [2.24, 2.45) is 0 Å². The number of thioether (sulfide) groups is 1. The van der Waals surface area contributed by atoms with Gasteiger partial charge in [-0.3, -0.25) is 14.4 Å². The summed E-state index contributed by atoms with van der Waals surface area (Å²) in [4.78, 5) is 44.5. The molecule has 4 N–H and O–H groups in total. The first-order valence-corrected chi connectivity index (χ1v) is 10.6. The van der Waals surface area contributed by atoms with Crippen LogP contribution in [0, 0.1) is 5.82 Å². The highest BCUT2D eigenvalue weighted by Crippen LogP contribution is 2.21. The third-order valence-corrected chi connectivity index (χ3v) is 5.26. The van der Waals surface area contributed by atoms with Gasteiger partial charge in [-0.2, -0.15) is 0 Å². The van der Waals surface area contributed by atoms with Crippen LogP contribution in [0.3, 0.4) is 0 Å². The molecule has 32 heavy (non-hydrogen) atoms. The first-order chi connectivity index (χ1) is 15.3. The lowest BCUT2D eigenvalue weighted by atomic mass is 10.2. The van der Waals surface area contributed by atoms with Crippen molar-refractivity contribution in [3.05, 3.63) is 71.1 Å². The number of amides is 2. The highest BCUT2D eigenvalue weighted by Gasteiger charge is 2.16. The number of para-hydroxylation sites is 1. The molecule has 0 unspecified atom stereocenters. The van der Waals surface area contributed by atoms with E-state index in [9.17, 15) is 18.8 Å². The quantitative estimate of drug-likeness (QED) is 0.258. The van der Waals surface area contributed by atoms with Crippen LogP contribution in [-0.4, -0.2) is 33.3 Å². The van der Waals surface area contributed by atoms with E-state index in [0.717, 1.165) is 11.8 Å². The van der Waals surface area contributed by atoms with Crippen LogP contribution in [0.4, 0.5) is 21.6 Å². The van der Waals surface area contributed by atoms with E-state index < -0.39 is 17.6 Å². The Labute approximate surface area is 191 Å². The number of carbonyl (C=O) groups is 3. The number of nitrogens with one attached hydrogen (secondary N) is 2. The third-order valence-electron chi connectivity index (χ3n) is 4.01. The predicted octanol–water partition coefficient (Wildman–Crippen LogP) is 3.79. The molecule has 0 fully saturated rings. The van der Waals surface area contributed by atoms with E-state index in [0.29, 0.717) is 16.4 Å². The van der Waals surface area contributed by atoms with Crippen LogP contribution in [-0.2, 0) is 9.59 Å². The fraction of sp³-hybridized carbons (Fsp3) is 0.0952. The number of hydrogen-bond acceptors (Lipinski definition) is 7. The monoisotopic (exact) mass is 473 g/mol. The Kier molecular flexibility index (Phi) is 7.74. The Morgan fingerprint density at radius 1 is 1.06 bits per heavy atom. The number of nitrogens with zero attached hydrogens (tertiary/aromatic N) is 2. The van der Waals surface area contributed by atoms with Crippen LogP contribution in [0.1, 0.15) is 16.8 Å². The topological polar surface area (TPSA) is 127 Å². The normalized spacial score (nSPS) is 10.4. The van der Waals surface area contributed by atoms with Crippen LogP contribution >= 0.6 is 23.4 Å². The fourth-order valence-electron chi connectivity index (χ4n) is 2.49. The predicted molar refractivity (Wildman–Crippen MR) is 121 cm³/mol. The fourth-order valence-corrected chi connectivity index (χ4v) is 3.35. The van der Waals surface area contributed by atoms with E-state index in [2.05, 4.69) is 20.6 Å². The van der Waals surface area contributed by atoms with Crippen molar-refractivity contribution in [1.82, 2.24) is 9.97 Å². The molecule has 0 spiro atoms. The number of nitrogens with two attached hydrogens (primary N) is 1. The molecular weight excluding hydrogens is 457 g/mol. The lowest BCUT2D eigenvalue weighted by molar-refractivity contribution is -0.123. The number of anilines is 3. The first kappa shape index (κ1) is 23.2. The molecule has 1 heterocycles. The van der Waals surface area contributed by atoms with Gasteiger partial charge < -0.3 is 16.4 Å². The van der Waals surface area contributed by atoms with E-state index in [1.165, 1.54) is 30.5 Å². The Hall–Kier alpha value is -3.50. The van der Waals surface area contributed by atoms with Crippen LogP contribution in [0.15, 0.2) is 59.9 Å². The molecule has 0 bridgehead atoms. The molecule has 11 heteroatoms. The van der Waals surface area contributed by atoms with Crippen molar-refractivity contribution in [3.63, 3.8) is 0 Å². The van der Waals surface area contributed by atoms with E-state index in [4.69, 9.17) is 17.3 Å². The lowest BCUT2D eigenvalue weighted by Gasteiger charge is -2.08. The molecule has 3 rings (SSSR count). The van der Waals surface area contributed by atoms with E-state index in [-0.39, 0.29) is 34.5 Å². The van der Waals surface area contributed by atoms with Crippen molar-refractivity contribution in [1.29, 1.82) is 0 Å². The van der Waals surface area contributed by atoms with Crippen molar-refractivity contribution < 1.29 is 18.8 Å². The van der Waals surface area contributed by atoms with Crippen molar-refractivity contribution in [3.8, 4) is 0 Å². The van der Waals surface area contributed by atoms with Crippen molar-refractivity contribution in [2.75, 3.05) is 22.1 Å². The largest absolute Gasteiger partial charge is 0.383 e. The molecule has 2 aromatic carbocycles. The average molecular weight is 474 g/mol. The Balaban J connectivity index is 1.52. The third kappa shape index (κ3) is 6.50. The molecule has 0 aliphatic carbocycles. The number of ketones is 1. The Morgan fingerprint density at radius 3 is 2.47 bits per heavy atom. The lowest BCUT2D eigenvalue weighted by Crippen LogP contribution is -2.18. The van der Waals surface area contributed by atoms with Gasteiger partial charge in [0, 0.05) is 11.9 Å². The maximum absolute atomic E-state index is 13.0. The highest BCUT2D eigenvalue weighted by atomic mass is 35.5. The standard InChI is InChI=1S/C21H17ClFN5O3S/c22-16-3-1-2-4-17(16)27-18(30)9-14(29)11-32-21-25-10-15(19(24)28-21)20(31)26-13-7-5-12(23)6-8-13/h1-8,10H,9,11H2,(H,26,31)(H,27,30)(H2,24,25,28). The maximum Gasteiger partial charge on any atom is 0.260 e. The van der Waals surface area contributed by atoms with Crippen molar-refractivity contribution >= 4 is 58.2 Å². The van der Waals surface area contributed by atoms with Gasteiger partial charge in [0.2, 0.25) is 5.91 Å². The average Bonchev–Trinajstić information content (AvgIpc) is 2.75. The smallest absolute Gasteiger partial charge is 0.260 e. The molecule has 1 aromatic heterocycles. The summed E-state index contributed by atoms with van der Waals surface area (Å²) >= 11 is 6.96. The van der Waals surface area contributed by atoms with E-state index in [1.807, 2.05) is 0 Å². The van der Waals surface area contributed by atoms with Gasteiger partial charge in [-0.15, -0.1) is 0 Å². The van der Waals surface area contributed by atoms with Crippen LogP contribution in [0.2, 0.25) is 5.02 Å². The highest BCUT2D eigenvalue weighted by molar-refractivity contribution is 7.99. The summed E-state index contributed by atoms with van der Waals surface area (Å²) < 4.78 is 13.0. The number of nitrogen functional groups attached to an aromatic ring is 1. The molecular formula is C21H17ClFN5O3S. The molecule has 0 aliphatic heterocycles. The number of hydrogen-bond donors (Lipinski definition) is 3. The van der Waals surface area contributed by atoms with Gasteiger partial charge in [-0.25, -0.2) is 14.4 Å². The number of halogens is 2. The zero-order valence-electron chi connectivity index (χ0n) is 16.5. The summed E-state index contributed by atoms with van der Waals surface area (Å²) in [6.07, 6.45) is 0.893. The summed E-state index contributed by atoms with van der Waals surface area (Å²) in [6.45, 7) is 0. The molecule has 0 saturated heterocycles. The van der Waals surface area contributed by atoms with Crippen LogP contribution in [0.25, 0.3) is 0 Å². The zero-order valence-corrected chi connectivity index (χ0v) is 18.0. The number of carbonyl (C=O) groups excluding carboxylic acids is 3. The summed E-state index contributed by atoms with van der Waals surface area (Å²) in [5, 5.41) is 5.69. The zero-order chi connectivity index (χ0) is 23.1. The molecule has 0 atom stereocenters. The minimum Gasteiger partial charge on any atom is -0.383 e. The number of benzene rings is 2. The van der Waals surface area contributed by atoms with Gasteiger partial charge in [-0.05, 0) is 36.4 Å². The molecule has 2 amide bonds. The van der Waals surface area contributed by atoms with Gasteiger partial charge in [0.05, 0.1) is 22.9 Å². The minimum absolute atomic E-state index is 0.0316. The van der Waals surface area contributed by atoms with Gasteiger partial charge in [0.25, 0.3) is 5.91 Å². The molecule has 0 saturated carbocycles. The van der Waals surface area contributed by atoms with Gasteiger partial charge >= 0.3 is 0 Å². The second-order valence-electron chi connectivity index (χ2n) is 6.44. The van der Waals surface area contributed by atoms with E-state index in [1.54, 1.807) is 24.3 Å². The molecule has 8 nitrogen and oxygen atoms in total. The van der Waals surface area contributed by atoms with Gasteiger partial charge in [-0.1, -0.05) is 35.5 Å². The summed E-state index contributed by atoms with van der Waals surface area (Å²) in [7, 11) is 0. The minimum atomic E-state index is -0.557. The second kappa shape index (κ2) is 10.7. The summed E-state index contributed by atoms with van der Waals surface area (Å²) in [5.74, 6) is -1.96. The number of aromatic nitrogens is 2.